The Morgan fingerprint density at radius 1 is 1.33 bits per heavy atom. The van der Waals surface area contributed by atoms with Crippen LogP contribution in [0.15, 0.2) is 0 Å². The summed E-state index contributed by atoms with van der Waals surface area (Å²) in [6, 6.07) is 0. The molecule has 0 saturated carbocycles. The van der Waals surface area contributed by atoms with Crippen LogP contribution in [-0.4, -0.2) is 61.9 Å². The first-order valence-corrected chi connectivity index (χ1v) is 6.02. The fourth-order valence-corrected chi connectivity index (χ4v) is 1.23. The Balaban J connectivity index is 3.84. The molecule has 0 atom stereocenters. The summed E-state index contributed by atoms with van der Waals surface area (Å²) in [5, 5.41) is 2.80. The molecule has 0 fully saturated rings. The van der Waals surface area contributed by atoms with E-state index < -0.39 is 0 Å². The van der Waals surface area contributed by atoms with Crippen LogP contribution < -0.4 is 5.32 Å². The van der Waals surface area contributed by atoms with Gasteiger partial charge in [0.05, 0.1) is 13.1 Å². The van der Waals surface area contributed by atoms with E-state index in [1.54, 1.807) is 7.05 Å². The van der Waals surface area contributed by atoms with Crippen LogP contribution in [0.1, 0.15) is 13.8 Å². The molecule has 0 saturated heterocycles. The molecule has 0 rings (SSSR count). The van der Waals surface area contributed by atoms with Gasteiger partial charge in [-0.25, -0.2) is 0 Å². The van der Waals surface area contributed by atoms with Gasteiger partial charge in [-0.3, -0.25) is 14.5 Å². The molecule has 2 amide bonds. The van der Waals surface area contributed by atoms with Crippen molar-refractivity contribution in [2.45, 2.75) is 13.8 Å². The SMILES string of the molecule is C#CCN(C)C(=O)CN(C)CCNC(=O)C(C)C. The summed E-state index contributed by atoms with van der Waals surface area (Å²) in [5.41, 5.74) is 0. The molecule has 0 heterocycles. The molecule has 0 radical (unpaired) electrons. The van der Waals surface area contributed by atoms with Crippen LogP contribution in [0, 0.1) is 18.3 Å². The molecule has 0 aromatic carbocycles. The molecular formula is C13H23N3O2. The third kappa shape index (κ3) is 6.92. The van der Waals surface area contributed by atoms with Crippen LogP contribution in [0.2, 0.25) is 0 Å². The average molecular weight is 253 g/mol. The second-order valence-electron chi connectivity index (χ2n) is 4.64. The van der Waals surface area contributed by atoms with Gasteiger partial charge in [-0.1, -0.05) is 19.8 Å². The first-order valence-electron chi connectivity index (χ1n) is 6.02. The maximum atomic E-state index is 11.6. The summed E-state index contributed by atoms with van der Waals surface area (Å²) in [7, 11) is 3.51. The van der Waals surface area contributed by atoms with Crippen molar-refractivity contribution < 1.29 is 9.59 Å². The van der Waals surface area contributed by atoms with Crippen molar-refractivity contribution in [1.82, 2.24) is 15.1 Å². The van der Waals surface area contributed by atoms with E-state index in [2.05, 4.69) is 11.2 Å². The number of carbonyl (C=O) groups is 2. The van der Waals surface area contributed by atoms with Gasteiger partial charge >= 0.3 is 0 Å². The Labute approximate surface area is 110 Å². The standard InChI is InChI=1S/C13H23N3O2/c1-6-8-16(5)12(17)10-15(4)9-7-14-13(18)11(2)3/h1,11H,7-10H2,2-5H3,(H,14,18). The van der Waals surface area contributed by atoms with Crippen molar-refractivity contribution in [2.24, 2.45) is 5.92 Å². The number of carbonyl (C=O) groups excluding carboxylic acids is 2. The lowest BCUT2D eigenvalue weighted by Gasteiger charge is -2.20. The van der Waals surface area contributed by atoms with E-state index in [1.807, 2.05) is 25.8 Å². The van der Waals surface area contributed by atoms with Crippen molar-refractivity contribution in [3.8, 4) is 12.3 Å². The minimum Gasteiger partial charge on any atom is -0.355 e. The van der Waals surface area contributed by atoms with Crippen molar-refractivity contribution in [1.29, 1.82) is 0 Å². The molecule has 0 spiro atoms. The zero-order chi connectivity index (χ0) is 14.1. The van der Waals surface area contributed by atoms with Gasteiger partial charge in [-0.05, 0) is 7.05 Å². The number of amides is 2. The van der Waals surface area contributed by atoms with E-state index in [4.69, 9.17) is 6.42 Å². The van der Waals surface area contributed by atoms with Crippen LogP contribution in [0.25, 0.3) is 0 Å². The highest BCUT2D eigenvalue weighted by atomic mass is 16.2. The fourth-order valence-electron chi connectivity index (χ4n) is 1.23. The highest BCUT2D eigenvalue weighted by molar-refractivity contribution is 5.78. The fraction of sp³-hybridized carbons (Fsp3) is 0.692. The molecule has 5 nitrogen and oxygen atoms in total. The number of likely N-dealkylation sites (N-methyl/N-ethyl adjacent to an activating group) is 2. The van der Waals surface area contributed by atoms with E-state index in [9.17, 15) is 9.59 Å². The Kier molecular flexibility index (Phi) is 7.81. The van der Waals surface area contributed by atoms with Gasteiger partial charge in [0.25, 0.3) is 0 Å². The topological polar surface area (TPSA) is 52.7 Å². The summed E-state index contributed by atoms with van der Waals surface area (Å²) in [6.45, 7) is 5.48. The summed E-state index contributed by atoms with van der Waals surface area (Å²) in [4.78, 5) is 26.3. The number of hydrogen-bond acceptors (Lipinski definition) is 3. The van der Waals surface area contributed by atoms with Gasteiger partial charge in [0.1, 0.15) is 0 Å². The normalized spacial score (nSPS) is 10.3. The minimum atomic E-state index is -0.0226. The smallest absolute Gasteiger partial charge is 0.237 e. The molecule has 0 unspecified atom stereocenters. The van der Waals surface area contributed by atoms with Gasteiger partial charge in [0.2, 0.25) is 11.8 Å². The lowest BCUT2D eigenvalue weighted by atomic mass is 10.2. The molecule has 102 valence electrons. The Morgan fingerprint density at radius 2 is 1.94 bits per heavy atom. The Hall–Kier alpha value is -1.54. The predicted molar refractivity (Wildman–Crippen MR) is 71.8 cm³/mol. The van der Waals surface area contributed by atoms with E-state index in [0.29, 0.717) is 26.2 Å². The monoisotopic (exact) mass is 253 g/mol. The minimum absolute atomic E-state index is 0.0151. The third-order valence-corrected chi connectivity index (χ3v) is 2.48. The molecule has 0 aliphatic carbocycles. The first kappa shape index (κ1) is 16.5. The third-order valence-electron chi connectivity index (χ3n) is 2.48. The lowest BCUT2D eigenvalue weighted by Crippen LogP contribution is -2.40. The molecule has 1 N–H and O–H groups in total. The zero-order valence-electron chi connectivity index (χ0n) is 11.7. The van der Waals surface area contributed by atoms with Crippen LogP contribution in [0.4, 0.5) is 0 Å². The predicted octanol–water partition coefficient (Wildman–Crippen LogP) is -0.218. The maximum absolute atomic E-state index is 11.6. The molecule has 0 aromatic heterocycles. The number of nitrogens with one attached hydrogen (secondary N) is 1. The van der Waals surface area contributed by atoms with Crippen molar-refractivity contribution >= 4 is 11.8 Å². The Bertz CT molecular complexity index is 321. The Morgan fingerprint density at radius 3 is 2.44 bits per heavy atom. The lowest BCUT2D eigenvalue weighted by molar-refractivity contribution is -0.130. The van der Waals surface area contributed by atoms with Gasteiger partial charge in [0.15, 0.2) is 0 Å². The maximum Gasteiger partial charge on any atom is 0.237 e. The summed E-state index contributed by atoms with van der Waals surface area (Å²) in [5.74, 6) is 2.41. The highest BCUT2D eigenvalue weighted by Gasteiger charge is 2.11. The second kappa shape index (κ2) is 8.54. The van der Waals surface area contributed by atoms with Gasteiger partial charge in [-0.15, -0.1) is 6.42 Å². The van der Waals surface area contributed by atoms with E-state index in [0.717, 1.165) is 0 Å². The number of rotatable bonds is 7. The summed E-state index contributed by atoms with van der Waals surface area (Å²) >= 11 is 0. The summed E-state index contributed by atoms with van der Waals surface area (Å²) in [6.07, 6.45) is 5.13. The number of nitrogens with zero attached hydrogens (tertiary/aromatic N) is 2. The van der Waals surface area contributed by atoms with Crippen LogP contribution in [-0.2, 0) is 9.59 Å². The van der Waals surface area contributed by atoms with Crippen LogP contribution in [0.3, 0.4) is 0 Å². The molecule has 0 aromatic rings. The van der Waals surface area contributed by atoms with E-state index in [1.165, 1.54) is 4.90 Å². The molecule has 18 heavy (non-hydrogen) atoms. The van der Waals surface area contributed by atoms with Gasteiger partial charge < -0.3 is 10.2 Å². The van der Waals surface area contributed by atoms with Gasteiger partial charge in [0, 0.05) is 26.1 Å². The van der Waals surface area contributed by atoms with E-state index >= 15 is 0 Å². The average Bonchev–Trinajstić information content (AvgIpc) is 2.28. The number of hydrogen-bond donors (Lipinski definition) is 1. The highest BCUT2D eigenvalue weighted by Crippen LogP contribution is 1.91. The molecule has 5 heteroatoms. The largest absolute Gasteiger partial charge is 0.355 e. The molecular weight excluding hydrogens is 230 g/mol. The number of terminal acetylenes is 1. The van der Waals surface area contributed by atoms with Gasteiger partial charge in [-0.2, -0.15) is 0 Å². The zero-order valence-corrected chi connectivity index (χ0v) is 11.7. The molecule has 0 aliphatic rings. The summed E-state index contributed by atoms with van der Waals surface area (Å²) < 4.78 is 0. The second-order valence-corrected chi connectivity index (χ2v) is 4.64. The van der Waals surface area contributed by atoms with Crippen molar-refractivity contribution in [3.63, 3.8) is 0 Å². The van der Waals surface area contributed by atoms with Crippen molar-refractivity contribution in [3.05, 3.63) is 0 Å². The van der Waals surface area contributed by atoms with E-state index in [-0.39, 0.29) is 17.7 Å². The first-order chi connectivity index (χ1) is 8.38. The molecule has 0 aliphatic heterocycles. The molecule has 0 bridgehead atoms. The van der Waals surface area contributed by atoms with Crippen LogP contribution in [0.5, 0.6) is 0 Å². The van der Waals surface area contributed by atoms with Crippen molar-refractivity contribution in [2.75, 3.05) is 40.3 Å². The quantitative estimate of drug-likeness (QED) is 0.638. The van der Waals surface area contributed by atoms with Crippen LogP contribution >= 0.6 is 0 Å².